The van der Waals surface area contributed by atoms with Gasteiger partial charge in [0.25, 0.3) is 0 Å². The molecule has 1 rings (SSSR count). The van der Waals surface area contributed by atoms with Crippen LogP contribution in [-0.4, -0.2) is 24.8 Å². The highest BCUT2D eigenvalue weighted by molar-refractivity contribution is 5.85. The van der Waals surface area contributed by atoms with E-state index in [0.29, 0.717) is 31.1 Å². The molecule has 0 spiro atoms. The van der Waals surface area contributed by atoms with Gasteiger partial charge in [0, 0.05) is 19.3 Å². The van der Waals surface area contributed by atoms with Crippen molar-refractivity contribution in [3.05, 3.63) is 0 Å². The number of rotatable bonds is 15. The Morgan fingerprint density at radius 3 is 2.25 bits per heavy atom. The molecular formula is C23H40F2O3. The third kappa shape index (κ3) is 9.47. The number of unbranched alkanes of at least 4 members (excludes halogenated alkanes) is 4. The lowest BCUT2D eigenvalue weighted by molar-refractivity contribution is -0.145. The summed E-state index contributed by atoms with van der Waals surface area (Å²) in [7, 11) is 1.42. The fourth-order valence-corrected chi connectivity index (χ4v) is 4.38. The number of esters is 1. The molecule has 28 heavy (non-hydrogen) atoms. The highest BCUT2D eigenvalue weighted by atomic mass is 19.3. The van der Waals surface area contributed by atoms with Gasteiger partial charge in [0.15, 0.2) is 0 Å². The zero-order valence-corrected chi connectivity index (χ0v) is 18.1. The SMILES string of the molecule is CC[C@H](C)CC(F)(F)C(=O)CC[C@H]1CCCC1CCCCCCCC(=O)OC. The van der Waals surface area contributed by atoms with Gasteiger partial charge < -0.3 is 4.74 Å². The second-order valence-corrected chi connectivity index (χ2v) is 8.72. The number of ketones is 1. The molecule has 1 unspecified atom stereocenters. The van der Waals surface area contributed by atoms with Crippen molar-refractivity contribution >= 4 is 11.8 Å². The summed E-state index contributed by atoms with van der Waals surface area (Å²) in [4.78, 5) is 23.1. The number of carbonyl (C=O) groups is 2. The summed E-state index contributed by atoms with van der Waals surface area (Å²) in [6.45, 7) is 3.66. The Bertz CT molecular complexity index is 465. The first kappa shape index (κ1) is 25.0. The average Bonchev–Trinajstić information content (AvgIpc) is 3.11. The van der Waals surface area contributed by atoms with Gasteiger partial charge in [-0.05, 0) is 30.6 Å². The lowest BCUT2D eigenvalue weighted by Crippen LogP contribution is -2.31. The van der Waals surface area contributed by atoms with Crippen molar-refractivity contribution in [3.8, 4) is 0 Å². The standard InChI is InChI=1S/C23H40F2O3/c1-4-18(2)17-23(24,25)21(26)16-15-20-13-10-12-19(20)11-8-6-5-7-9-14-22(27)28-3/h18-20H,4-17H2,1-3H3/t18-,19?,20+/m0/s1. The van der Waals surface area contributed by atoms with E-state index in [1.54, 1.807) is 6.92 Å². The van der Waals surface area contributed by atoms with Crippen LogP contribution in [0, 0.1) is 17.8 Å². The molecule has 0 aromatic rings. The molecule has 1 aliphatic carbocycles. The normalized spacial score (nSPS) is 20.9. The Morgan fingerprint density at radius 2 is 1.61 bits per heavy atom. The molecule has 0 aliphatic heterocycles. The Hall–Kier alpha value is -1.00. The Labute approximate surface area is 170 Å². The molecular weight excluding hydrogens is 362 g/mol. The monoisotopic (exact) mass is 402 g/mol. The van der Waals surface area contributed by atoms with Crippen molar-refractivity contribution < 1.29 is 23.1 Å². The van der Waals surface area contributed by atoms with Crippen molar-refractivity contribution in [2.45, 2.75) is 110 Å². The molecule has 0 aromatic heterocycles. The average molecular weight is 403 g/mol. The van der Waals surface area contributed by atoms with Crippen LogP contribution in [-0.2, 0) is 14.3 Å². The lowest BCUT2D eigenvalue weighted by Gasteiger charge is -2.22. The van der Waals surface area contributed by atoms with Crippen molar-refractivity contribution in [2.24, 2.45) is 17.8 Å². The van der Waals surface area contributed by atoms with Crippen LogP contribution in [0.5, 0.6) is 0 Å². The van der Waals surface area contributed by atoms with E-state index in [2.05, 4.69) is 4.74 Å². The summed E-state index contributed by atoms with van der Waals surface area (Å²) in [5.74, 6) is -3.25. The molecule has 0 N–H and O–H groups in total. The van der Waals surface area contributed by atoms with E-state index >= 15 is 0 Å². The summed E-state index contributed by atoms with van der Waals surface area (Å²) >= 11 is 0. The third-order valence-electron chi connectivity index (χ3n) is 6.45. The molecule has 1 fully saturated rings. The van der Waals surface area contributed by atoms with Gasteiger partial charge in [-0.2, -0.15) is 8.78 Å². The van der Waals surface area contributed by atoms with E-state index in [-0.39, 0.29) is 24.7 Å². The molecule has 1 saturated carbocycles. The number of alkyl halides is 2. The maximum atomic E-state index is 14.1. The number of hydrogen-bond acceptors (Lipinski definition) is 3. The summed E-state index contributed by atoms with van der Waals surface area (Å²) in [6, 6.07) is 0. The van der Waals surface area contributed by atoms with Gasteiger partial charge in [0.05, 0.1) is 7.11 Å². The van der Waals surface area contributed by atoms with Crippen LogP contribution in [0.3, 0.4) is 0 Å². The minimum atomic E-state index is -3.16. The number of halogens is 2. The molecule has 0 saturated heterocycles. The van der Waals surface area contributed by atoms with E-state index in [1.807, 2.05) is 6.92 Å². The van der Waals surface area contributed by atoms with E-state index in [0.717, 1.165) is 51.4 Å². The van der Waals surface area contributed by atoms with Gasteiger partial charge in [-0.25, -0.2) is 0 Å². The van der Waals surface area contributed by atoms with Crippen molar-refractivity contribution in [3.63, 3.8) is 0 Å². The van der Waals surface area contributed by atoms with Crippen LogP contribution in [0.1, 0.15) is 104 Å². The molecule has 0 aromatic carbocycles. The van der Waals surface area contributed by atoms with Gasteiger partial charge in [-0.3, -0.25) is 9.59 Å². The zero-order chi connectivity index (χ0) is 21.0. The zero-order valence-electron chi connectivity index (χ0n) is 18.1. The predicted molar refractivity (Wildman–Crippen MR) is 108 cm³/mol. The third-order valence-corrected chi connectivity index (χ3v) is 6.45. The molecule has 0 bridgehead atoms. The molecule has 5 heteroatoms. The largest absolute Gasteiger partial charge is 0.469 e. The first-order valence-electron chi connectivity index (χ1n) is 11.3. The van der Waals surface area contributed by atoms with Crippen LogP contribution >= 0.6 is 0 Å². The Morgan fingerprint density at radius 1 is 1.00 bits per heavy atom. The minimum Gasteiger partial charge on any atom is -0.469 e. The molecule has 164 valence electrons. The number of methoxy groups -OCH3 is 1. The lowest BCUT2D eigenvalue weighted by atomic mass is 9.85. The highest BCUT2D eigenvalue weighted by Gasteiger charge is 2.39. The van der Waals surface area contributed by atoms with Crippen LogP contribution < -0.4 is 0 Å². The first-order chi connectivity index (χ1) is 13.3. The van der Waals surface area contributed by atoms with Crippen LogP contribution in [0.15, 0.2) is 0 Å². The fraction of sp³-hybridized carbons (Fsp3) is 0.913. The molecule has 3 nitrogen and oxygen atoms in total. The van der Waals surface area contributed by atoms with E-state index in [4.69, 9.17) is 0 Å². The second kappa shape index (κ2) is 13.3. The Kier molecular flexibility index (Phi) is 11.9. The van der Waals surface area contributed by atoms with Crippen molar-refractivity contribution in [1.29, 1.82) is 0 Å². The van der Waals surface area contributed by atoms with Gasteiger partial charge in [0.2, 0.25) is 5.78 Å². The van der Waals surface area contributed by atoms with Gasteiger partial charge in [-0.1, -0.05) is 71.6 Å². The summed E-state index contributed by atoms with van der Waals surface area (Å²) in [5.41, 5.74) is 0. The topological polar surface area (TPSA) is 43.4 Å². The quantitative estimate of drug-likeness (QED) is 0.225. The fourth-order valence-electron chi connectivity index (χ4n) is 4.38. The van der Waals surface area contributed by atoms with E-state index in [9.17, 15) is 18.4 Å². The Balaban J connectivity index is 2.22. The maximum absolute atomic E-state index is 14.1. The number of ether oxygens (including phenoxy) is 1. The first-order valence-corrected chi connectivity index (χ1v) is 11.3. The number of hydrogen-bond donors (Lipinski definition) is 0. The highest BCUT2D eigenvalue weighted by Crippen LogP contribution is 2.39. The summed E-state index contributed by atoms with van der Waals surface area (Å²) < 4.78 is 32.8. The summed E-state index contributed by atoms with van der Waals surface area (Å²) in [6.07, 6.45) is 11.4. The second-order valence-electron chi connectivity index (χ2n) is 8.72. The number of carbonyl (C=O) groups excluding carboxylic acids is 2. The van der Waals surface area contributed by atoms with Crippen LogP contribution in [0.2, 0.25) is 0 Å². The van der Waals surface area contributed by atoms with Gasteiger partial charge >= 0.3 is 11.9 Å². The van der Waals surface area contributed by atoms with Gasteiger partial charge in [-0.15, -0.1) is 0 Å². The van der Waals surface area contributed by atoms with Crippen LogP contribution in [0.4, 0.5) is 8.78 Å². The van der Waals surface area contributed by atoms with Gasteiger partial charge in [0.1, 0.15) is 0 Å². The molecule has 3 atom stereocenters. The van der Waals surface area contributed by atoms with E-state index in [1.165, 1.54) is 13.5 Å². The smallest absolute Gasteiger partial charge is 0.305 e. The molecule has 0 radical (unpaired) electrons. The van der Waals surface area contributed by atoms with Crippen LogP contribution in [0.25, 0.3) is 0 Å². The minimum absolute atomic E-state index is 0.0259. The summed E-state index contributed by atoms with van der Waals surface area (Å²) in [5, 5.41) is 0. The maximum Gasteiger partial charge on any atom is 0.305 e. The van der Waals surface area contributed by atoms with E-state index < -0.39 is 11.7 Å². The number of Topliss-reactive ketones (excluding diaryl/α,β-unsaturated/α-hetero) is 1. The molecule has 0 amide bonds. The molecule has 1 aliphatic rings. The predicted octanol–water partition coefficient (Wildman–Crippen LogP) is 6.73. The van der Waals surface area contributed by atoms with Crippen molar-refractivity contribution in [1.82, 2.24) is 0 Å². The molecule has 0 heterocycles. The van der Waals surface area contributed by atoms with Crippen molar-refractivity contribution in [2.75, 3.05) is 7.11 Å².